The lowest BCUT2D eigenvalue weighted by Gasteiger charge is -2.22. The molecule has 1 aliphatic rings. The molecule has 1 fully saturated rings. The molecule has 1 N–H and O–H groups in total. The molecule has 98 valence electrons. The largest absolute Gasteiger partial charge is 0.467 e. The third-order valence-corrected chi connectivity index (χ3v) is 3.31. The van der Waals surface area contributed by atoms with Gasteiger partial charge in [0.2, 0.25) is 0 Å². The molecule has 1 heterocycles. The van der Waals surface area contributed by atoms with Crippen LogP contribution in [0.5, 0.6) is 0 Å². The lowest BCUT2D eigenvalue weighted by Crippen LogP contribution is -2.38. The van der Waals surface area contributed by atoms with Gasteiger partial charge in [-0.1, -0.05) is 11.6 Å². The van der Waals surface area contributed by atoms with Crippen LogP contribution < -0.4 is 5.32 Å². The van der Waals surface area contributed by atoms with E-state index in [1.165, 1.54) is 7.11 Å². The van der Waals surface area contributed by atoms with Crippen LogP contribution in [-0.2, 0) is 14.3 Å². The monoisotopic (exact) mass is 269 g/mol. The first-order chi connectivity index (χ1) is 8.70. The summed E-state index contributed by atoms with van der Waals surface area (Å²) >= 11 is 5.83. The molecule has 1 saturated heterocycles. The number of benzene rings is 1. The molecular weight excluding hydrogens is 254 g/mol. The molecule has 4 nitrogen and oxygen atoms in total. The van der Waals surface area contributed by atoms with Gasteiger partial charge in [-0.15, -0.1) is 0 Å². The van der Waals surface area contributed by atoms with Crippen LogP contribution >= 0.6 is 11.6 Å². The summed E-state index contributed by atoms with van der Waals surface area (Å²) in [5.74, 6) is -0.117. The second kappa shape index (κ2) is 6.07. The van der Waals surface area contributed by atoms with Crippen molar-refractivity contribution in [2.75, 3.05) is 25.6 Å². The molecule has 1 aliphatic heterocycles. The van der Waals surface area contributed by atoms with Crippen molar-refractivity contribution < 1.29 is 14.3 Å². The highest BCUT2D eigenvalue weighted by atomic mass is 35.5. The lowest BCUT2D eigenvalue weighted by molar-refractivity contribution is -0.142. The number of carbonyl (C=O) groups excluding carboxylic acids is 1. The Morgan fingerprint density at radius 2 is 2.22 bits per heavy atom. The number of anilines is 1. The summed E-state index contributed by atoms with van der Waals surface area (Å²) in [5.41, 5.74) is 0.849. The molecule has 0 amide bonds. The number of nitrogens with one attached hydrogen (secondary N) is 1. The van der Waals surface area contributed by atoms with E-state index in [-0.39, 0.29) is 17.9 Å². The molecule has 2 unspecified atom stereocenters. The molecule has 0 radical (unpaired) electrons. The van der Waals surface area contributed by atoms with E-state index >= 15 is 0 Å². The van der Waals surface area contributed by atoms with Crippen molar-refractivity contribution in [2.45, 2.75) is 12.5 Å². The van der Waals surface area contributed by atoms with Crippen molar-refractivity contribution >= 4 is 23.3 Å². The van der Waals surface area contributed by atoms with E-state index < -0.39 is 0 Å². The molecule has 1 aromatic carbocycles. The summed E-state index contributed by atoms with van der Waals surface area (Å²) < 4.78 is 10.2. The van der Waals surface area contributed by atoms with Gasteiger partial charge in [-0.3, -0.25) is 0 Å². The third-order valence-electron chi connectivity index (χ3n) is 3.06. The average molecular weight is 270 g/mol. The van der Waals surface area contributed by atoms with Crippen LogP contribution in [0.15, 0.2) is 24.3 Å². The summed E-state index contributed by atoms with van der Waals surface area (Å²) in [4.78, 5) is 11.8. The van der Waals surface area contributed by atoms with Crippen molar-refractivity contribution in [3.05, 3.63) is 29.3 Å². The molecule has 1 aromatic rings. The number of hydrogen-bond donors (Lipinski definition) is 1. The van der Waals surface area contributed by atoms with E-state index in [2.05, 4.69) is 5.32 Å². The zero-order valence-corrected chi connectivity index (χ0v) is 10.9. The van der Waals surface area contributed by atoms with Gasteiger partial charge >= 0.3 is 5.97 Å². The summed E-state index contributed by atoms with van der Waals surface area (Å²) in [6.45, 7) is 1.28. The normalized spacial score (nSPS) is 20.4. The Bertz CT molecular complexity index is 401. The standard InChI is InChI=1S/C13H16ClNO3/c1-17-13(16)12(9-6-7-18-8-9)15-11-4-2-10(14)3-5-11/h2-5,9,12,15H,6-8H2,1H3. The number of methoxy groups -OCH3 is 1. The first-order valence-corrected chi connectivity index (χ1v) is 6.26. The van der Waals surface area contributed by atoms with Crippen LogP contribution in [-0.4, -0.2) is 32.3 Å². The summed E-state index contributed by atoms with van der Waals surface area (Å²) in [6.07, 6.45) is 0.861. The maximum absolute atomic E-state index is 11.8. The van der Waals surface area contributed by atoms with E-state index in [1.807, 2.05) is 12.1 Å². The predicted molar refractivity (Wildman–Crippen MR) is 69.8 cm³/mol. The highest BCUT2D eigenvalue weighted by Gasteiger charge is 2.32. The van der Waals surface area contributed by atoms with Crippen LogP contribution in [0.3, 0.4) is 0 Å². The zero-order valence-electron chi connectivity index (χ0n) is 10.2. The van der Waals surface area contributed by atoms with E-state index in [0.717, 1.165) is 12.1 Å². The minimum atomic E-state index is -0.376. The number of halogens is 1. The lowest BCUT2D eigenvalue weighted by atomic mass is 9.99. The predicted octanol–water partition coefficient (Wildman–Crippen LogP) is 2.33. The van der Waals surface area contributed by atoms with Crippen LogP contribution in [0.25, 0.3) is 0 Å². The van der Waals surface area contributed by atoms with Crippen molar-refractivity contribution in [1.82, 2.24) is 0 Å². The third kappa shape index (κ3) is 3.15. The molecule has 0 spiro atoms. The smallest absolute Gasteiger partial charge is 0.328 e. The number of carbonyl (C=O) groups is 1. The molecule has 0 saturated carbocycles. The van der Waals surface area contributed by atoms with Gasteiger partial charge in [0.05, 0.1) is 13.7 Å². The van der Waals surface area contributed by atoms with Crippen LogP contribution in [0.1, 0.15) is 6.42 Å². The number of rotatable bonds is 4. The number of esters is 1. The Morgan fingerprint density at radius 3 is 2.78 bits per heavy atom. The number of hydrogen-bond acceptors (Lipinski definition) is 4. The number of ether oxygens (including phenoxy) is 2. The van der Waals surface area contributed by atoms with Gasteiger partial charge in [-0.05, 0) is 30.7 Å². The van der Waals surface area contributed by atoms with Crippen LogP contribution in [0.4, 0.5) is 5.69 Å². The molecular formula is C13H16ClNO3. The molecule has 2 atom stereocenters. The fraction of sp³-hybridized carbons (Fsp3) is 0.462. The molecule has 5 heteroatoms. The minimum Gasteiger partial charge on any atom is -0.467 e. The molecule has 18 heavy (non-hydrogen) atoms. The minimum absolute atomic E-state index is 0.146. The van der Waals surface area contributed by atoms with Gasteiger partial charge in [0, 0.05) is 23.2 Å². The van der Waals surface area contributed by atoms with Gasteiger partial charge in [-0.2, -0.15) is 0 Å². The second-order valence-corrected chi connectivity index (χ2v) is 4.71. The zero-order chi connectivity index (χ0) is 13.0. The van der Waals surface area contributed by atoms with E-state index in [0.29, 0.717) is 18.2 Å². The van der Waals surface area contributed by atoms with Gasteiger partial charge in [0.15, 0.2) is 0 Å². The quantitative estimate of drug-likeness (QED) is 0.853. The first-order valence-electron chi connectivity index (χ1n) is 5.88. The Labute approximate surface area is 111 Å². The van der Waals surface area contributed by atoms with Crippen molar-refractivity contribution in [3.63, 3.8) is 0 Å². The molecule has 0 bridgehead atoms. The van der Waals surface area contributed by atoms with Gasteiger partial charge in [0.1, 0.15) is 6.04 Å². The average Bonchev–Trinajstić information content (AvgIpc) is 2.91. The van der Waals surface area contributed by atoms with Gasteiger partial charge in [0.25, 0.3) is 0 Å². The highest BCUT2D eigenvalue weighted by molar-refractivity contribution is 6.30. The first kappa shape index (κ1) is 13.2. The SMILES string of the molecule is COC(=O)C(Nc1ccc(Cl)cc1)C1CCOC1. The maximum atomic E-state index is 11.8. The highest BCUT2D eigenvalue weighted by Crippen LogP contribution is 2.22. The van der Waals surface area contributed by atoms with Gasteiger partial charge in [-0.25, -0.2) is 4.79 Å². The molecule has 0 aromatic heterocycles. The maximum Gasteiger partial charge on any atom is 0.328 e. The Hall–Kier alpha value is -1.26. The fourth-order valence-corrected chi connectivity index (χ4v) is 2.16. The van der Waals surface area contributed by atoms with E-state index in [4.69, 9.17) is 21.1 Å². The van der Waals surface area contributed by atoms with Crippen molar-refractivity contribution in [3.8, 4) is 0 Å². The fourth-order valence-electron chi connectivity index (χ4n) is 2.04. The van der Waals surface area contributed by atoms with Crippen LogP contribution in [0.2, 0.25) is 5.02 Å². The van der Waals surface area contributed by atoms with E-state index in [1.54, 1.807) is 12.1 Å². The summed E-state index contributed by atoms with van der Waals surface area (Å²) in [6, 6.07) is 6.87. The molecule has 2 rings (SSSR count). The Balaban J connectivity index is 2.09. The Kier molecular flexibility index (Phi) is 4.44. The van der Waals surface area contributed by atoms with Crippen molar-refractivity contribution in [1.29, 1.82) is 0 Å². The van der Waals surface area contributed by atoms with E-state index in [9.17, 15) is 4.79 Å². The topological polar surface area (TPSA) is 47.6 Å². The summed E-state index contributed by atoms with van der Waals surface area (Å²) in [7, 11) is 1.40. The summed E-state index contributed by atoms with van der Waals surface area (Å²) in [5, 5.41) is 3.85. The van der Waals surface area contributed by atoms with Crippen molar-refractivity contribution in [2.24, 2.45) is 5.92 Å². The molecule has 0 aliphatic carbocycles. The van der Waals surface area contributed by atoms with Gasteiger partial charge < -0.3 is 14.8 Å². The second-order valence-electron chi connectivity index (χ2n) is 4.28. The van der Waals surface area contributed by atoms with Crippen LogP contribution in [0, 0.1) is 5.92 Å². The Morgan fingerprint density at radius 1 is 1.50 bits per heavy atom.